The lowest BCUT2D eigenvalue weighted by Gasteiger charge is -2.34. The molecule has 0 N–H and O–H groups in total. The van der Waals surface area contributed by atoms with E-state index in [0.29, 0.717) is 5.56 Å². The van der Waals surface area contributed by atoms with Crippen LogP contribution >= 0.6 is 0 Å². The van der Waals surface area contributed by atoms with Gasteiger partial charge in [-0.15, -0.1) is 0 Å². The van der Waals surface area contributed by atoms with Crippen LogP contribution in [-0.4, -0.2) is 10.9 Å². The van der Waals surface area contributed by atoms with Crippen LogP contribution in [0.2, 0.25) is 0 Å². The van der Waals surface area contributed by atoms with Crippen LogP contribution in [0, 0.1) is 6.92 Å². The third kappa shape index (κ3) is 3.28. The molecule has 1 aromatic heterocycles. The van der Waals surface area contributed by atoms with Crippen LogP contribution < -0.4 is 0 Å². The number of carbonyl (C=O) groups is 1. The van der Waals surface area contributed by atoms with Crippen molar-refractivity contribution in [3.8, 4) is 16.8 Å². The third-order valence-electron chi connectivity index (χ3n) is 8.82. The second-order valence-corrected chi connectivity index (χ2v) is 11.0. The first-order valence-electron chi connectivity index (χ1n) is 14.1. The minimum Gasteiger partial charge on any atom is -0.309 e. The molecule has 0 fully saturated rings. The number of carbonyl (C=O) groups excluding carboxylic acids is 1. The van der Waals surface area contributed by atoms with Gasteiger partial charge >= 0.3 is 0 Å². The summed E-state index contributed by atoms with van der Waals surface area (Å²) in [5.74, 6) is 0. The first-order valence-corrected chi connectivity index (χ1v) is 14.1. The highest BCUT2D eigenvalue weighted by Gasteiger charge is 2.46. The number of aryl methyl sites for hydroxylation is 1. The van der Waals surface area contributed by atoms with E-state index in [0.717, 1.165) is 17.5 Å². The van der Waals surface area contributed by atoms with Gasteiger partial charge in [-0.25, -0.2) is 0 Å². The Morgan fingerprint density at radius 1 is 0.561 bits per heavy atom. The summed E-state index contributed by atoms with van der Waals surface area (Å²) in [6.45, 7) is 2.13. The second kappa shape index (κ2) is 8.90. The molecule has 0 aliphatic heterocycles. The van der Waals surface area contributed by atoms with Gasteiger partial charge in [0.2, 0.25) is 0 Å². The summed E-state index contributed by atoms with van der Waals surface area (Å²) in [7, 11) is 0. The molecule has 8 rings (SSSR count). The number of fused-ring (bicyclic) bond motifs is 6. The number of hydrogen-bond acceptors (Lipinski definition) is 1. The van der Waals surface area contributed by atoms with E-state index in [2.05, 4.69) is 139 Å². The predicted octanol–water partition coefficient (Wildman–Crippen LogP) is 9.27. The molecule has 194 valence electrons. The zero-order valence-corrected chi connectivity index (χ0v) is 22.7. The maximum atomic E-state index is 11.6. The first kappa shape index (κ1) is 23.7. The Labute approximate surface area is 239 Å². The van der Waals surface area contributed by atoms with Gasteiger partial charge in [0.25, 0.3) is 0 Å². The van der Waals surface area contributed by atoms with E-state index in [1.807, 2.05) is 12.1 Å². The standard InChI is InChI=1S/C39H27NO/c1-26-15-19-28(20-16-26)39(29-21-17-27(25-41)18-22-29)35-13-7-5-11-31(35)33-24-38-34(23-36(33)39)32-12-6-8-14-37(32)40(38)30-9-3-2-4-10-30/h2-25H,1H3. The quantitative estimate of drug-likeness (QED) is 0.210. The SMILES string of the molecule is Cc1ccc(C2(c3ccc(C=O)cc3)c3ccccc3-c3cc4c(cc32)c2ccccc2n4-c2ccccc2)cc1. The van der Waals surface area contributed by atoms with Crippen LogP contribution in [0.3, 0.4) is 0 Å². The normalized spacial score (nSPS) is 15.6. The molecular formula is C39H27NO. The molecule has 1 atom stereocenters. The molecule has 0 radical (unpaired) electrons. The minimum atomic E-state index is -0.523. The van der Waals surface area contributed by atoms with Gasteiger partial charge in [0.15, 0.2) is 0 Å². The summed E-state index contributed by atoms with van der Waals surface area (Å²) in [6, 6.07) is 50.1. The number of aromatic nitrogens is 1. The number of benzene rings is 6. The number of hydrogen-bond donors (Lipinski definition) is 0. The largest absolute Gasteiger partial charge is 0.309 e. The Kier molecular flexibility index (Phi) is 5.14. The van der Waals surface area contributed by atoms with Crippen molar-refractivity contribution in [3.05, 3.63) is 173 Å². The van der Waals surface area contributed by atoms with Crippen molar-refractivity contribution in [2.45, 2.75) is 12.3 Å². The molecule has 1 unspecified atom stereocenters. The van der Waals surface area contributed by atoms with Crippen molar-refractivity contribution in [2.75, 3.05) is 0 Å². The van der Waals surface area contributed by atoms with Crippen molar-refractivity contribution < 1.29 is 4.79 Å². The van der Waals surface area contributed by atoms with Crippen LogP contribution in [0.15, 0.2) is 140 Å². The van der Waals surface area contributed by atoms with E-state index < -0.39 is 5.41 Å². The fourth-order valence-corrected chi connectivity index (χ4v) is 7.00. The van der Waals surface area contributed by atoms with Crippen molar-refractivity contribution in [1.29, 1.82) is 0 Å². The summed E-state index contributed by atoms with van der Waals surface area (Å²) in [5.41, 5.74) is 12.3. The Morgan fingerprint density at radius 2 is 1.22 bits per heavy atom. The van der Waals surface area contributed by atoms with Crippen LogP contribution in [-0.2, 0) is 5.41 Å². The smallest absolute Gasteiger partial charge is 0.150 e. The Bertz CT molecular complexity index is 2100. The number of para-hydroxylation sites is 2. The highest BCUT2D eigenvalue weighted by molar-refractivity contribution is 6.11. The van der Waals surface area contributed by atoms with Crippen LogP contribution in [0.5, 0.6) is 0 Å². The molecular weight excluding hydrogens is 498 g/mol. The molecule has 7 aromatic rings. The average molecular weight is 526 g/mol. The van der Waals surface area contributed by atoms with Gasteiger partial charge in [-0.05, 0) is 70.6 Å². The van der Waals surface area contributed by atoms with Gasteiger partial charge in [0.1, 0.15) is 6.29 Å². The molecule has 0 saturated heterocycles. The fraction of sp³-hybridized carbons (Fsp3) is 0.0513. The number of rotatable bonds is 4. The Balaban J connectivity index is 1.55. The maximum absolute atomic E-state index is 11.6. The van der Waals surface area contributed by atoms with Gasteiger partial charge < -0.3 is 4.57 Å². The summed E-state index contributed by atoms with van der Waals surface area (Å²) >= 11 is 0. The highest BCUT2D eigenvalue weighted by atomic mass is 16.1. The molecule has 1 aliphatic rings. The average Bonchev–Trinajstić information content (AvgIpc) is 3.51. The number of aldehydes is 1. The number of nitrogens with zero attached hydrogens (tertiary/aromatic N) is 1. The Hall–Kier alpha value is -5.21. The van der Waals surface area contributed by atoms with Crippen LogP contribution in [0.4, 0.5) is 0 Å². The van der Waals surface area contributed by atoms with Crippen molar-refractivity contribution in [1.82, 2.24) is 4.57 Å². The molecule has 6 aromatic carbocycles. The van der Waals surface area contributed by atoms with Crippen molar-refractivity contribution in [2.24, 2.45) is 0 Å². The molecule has 2 nitrogen and oxygen atoms in total. The Morgan fingerprint density at radius 3 is 1.98 bits per heavy atom. The lowest BCUT2D eigenvalue weighted by molar-refractivity contribution is 0.112. The lowest BCUT2D eigenvalue weighted by atomic mass is 9.67. The summed E-state index contributed by atoms with van der Waals surface area (Å²) in [5, 5.41) is 2.47. The van der Waals surface area contributed by atoms with Gasteiger partial charge in [-0.1, -0.05) is 115 Å². The van der Waals surface area contributed by atoms with Gasteiger partial charge in [0, 0.05) is 22.0 Å². The van der Waals surface area contributed by atoms with E-state index in [4.69, 9.17) is 0 Å². The molecule has 0 saturated carbocycles. The first-order chi connectivity index (χ1) is 20.2. The second-order valence-electron chi connectivity index (χ2n) is 11.0. The summed E-state index contributed by atoms with van der Waals surface area (Å²) in [6.07, 6.45) is 0.918. The molecule has 41 heavy (non-hydrogen) atoms. The topological polar surface area (TPSA) is 22.0 Å². The predicted molar refractivity (Wildman–Crippen MR) is 168 cm³/mol. The summed E-state index contributed by atoms with van der Waals surface area (Å²) in [4.78, 5) is 11.6. The van der Waals surface area contributed by atoms with E-state index in [1.54, 1.807) is 0 Å². The van der Waals surface area contributed by atoms with Gasteiger partial charge in [-0.3, -0.25) is 4.79 Å². The lowest BCUT2D eigenvalue weighted by Crippen LogP contribution is -2.28. The van der Waals surface area contributed by atoms with E-state index in [9.17, 15) is 4.79 Å². The van der Waals surface area contributed by atoms with Gasteiger partial charge in [0.05, 0.1) is 16.4 Å². The zero-order chi connectivity index (χ0) is 27.6. The molecule has 0 amide bonds. The van der Waals surface area contributed by atoms with E-state index in [-0.39, 0.29) is 0 Å². The molecule has 1 aliphatic carbocycles. The molecule has 0 bridgehead atoms. The van der Waals surface area contributed by atoms with Crippen LogP contribution in [0.1, 0.15) is 38.2 Å². The molecule has 1 heterocycles. The third-order valence-corrected chi connectivity index (χ3v) is 8.82. The van der Waals surface area contributed by atoms with Gasteiger partial charge in [-0.2, -0.15) is 0 Å². The van der Waals surface area contributed by atoms with Crippen molar-refractivity contribution in [3.63, 3.8) is 0 Å². The van der Waals surface area contributed by atoms with E-state index in [1.165, 1.54) is 55.2 Å². The van der Waals surface area contributed by atoms with Crippen molar-refractivity contribution >= 4 is 28.1 Å². The minimum absolute atomic E-state index is 0.523. The monoisotopic (exact) mass is 525 g/mol. The zero-order valence-electron chi connectivity index (χ0n) is 22.7. The highest BCUT2D eigenvalue weighted by Crippen LogP contribution is 2.57. The van der Waals surface area contributed by atoms with E-state index >= 15 is 0 Å². The maximum Gasteiger partial charge on any atom is 0.150 e. The van der Waals surface area contributed by atoms with Crippen LogP contribution in [0.25, 0.3) is 38.6 Å². The molecule has 2 heteroatoms. The summed E-state index contributed by atoms with van der Waals surface area (Å²) < 4.78 is 2.39. The fourth-order valence-electron chi connectivity index (χ4n) is 7.00. The molecule has 0 spiro atoms.